The first kappa shape index (κ1) is 46.8. The molecule has 27 rings (SSSR count). The van der Waals surface area contributed by atoms with E-state index in [1.54, 1.807) is 98.5 Å². The van der Waals surface area contributed by atoms with Crippen molar-refractivity contribution in [3.63, 3.8) is 0 Å². The molecule has 0 saturated heterocycles. The van der Waals surface area contributed by atoms with Crippen molar-refractivity contribution >= 4 is 81.9 Å². The summed E-state index contributed by atoms with van der Waals surface area (Å²) in [4.78, 5) is 4.77. The van der Waals surface area contributed by atoms with Gasteiger partial charge in [0.25, 0.3) is 0 Å². The van der Waals surface area contributed by atoms with E-state index in [0.717, 1.165) is 58.6 Å². The third-order valence-corrected chi connectivity index (χ3v) is 29.6. The Morgan fingerprint density at radius 1 is 0.333 bits per heavy atom. The van der Waals surface area contributed by atoms with E-state index in [9.17, 15) is 11.8 Å². The average Bonchev–Trinajstić information content (AvgIpc) is 1.50. The lowest BCUT2D eigenvalue weighted by molar-refractivity contribution is 0.166. The Bertz CT molecular complexity index is 4240. The highest BCUT2D eigenvalue weighted by Crippen LogP contribution is 2.68. The van der Waals surface area contributed by atoms with Crippen LogP contribution >= 0.6 is 0 Å². The molecule has 10 saturated carbocycles. The van der Waals surface area contributed by atoms with Crippen molar-refractivity contribution in [2.75, 3.05) is 0 Å². The van der Waals surface area contributed by atoms with E-state index in [1.165, 1.54) is 215 Å². The maximum Gasteiger partial charge on any atom is 0.193 e. The van der Waals surface area contributed by atoms with Gasteiger partial charge in [-0.2, -0.15) is 5.26 Å². The summed E-state index contributed by atoms with van der Waals surface area (Å²) >= 11 is 0. The second-order valence-electron chi connectivity index (χ2n) is 33.6. The second kappa shape index (κ2) is 16.1. The molecule has 16 bridgehead atoms. The lowest BCUT2D eigenvalue weighted by atomic mass is 9.66. The van der Waals surface area contributed by atoms with Crippen LogP contribution in [-0.2, 0) is 0 Å². The van der Waals surface area contributed by atoms with Crippen LogP contribution in [0, 0.1) is 65.2 Å². The van der Waals surface area contributed by atoms with Crippen LogP contribution in [0.15, 0.2) is 24.3 Å². The van der Waals surface area contributed by atoms with Crippen molar-refractivity contribution in [1.29, 1.82) is 5.26 Å². The molecule has 4 heteroatoms. The van der Waals surface area contributed by atoms with Gasteiger partial charge in [-0.1, -0.05) is 38.5 Å². The fraction of sp³-hybridized carbons (Fsp3) is 0.600. The van der Waals surface area contributed by atoms with Crippen molar-refractivity contribution in [3.05, 3.63) is 96.9 Å². The molecule has 9 aromatic rings. The summed E-state index contributed by atoms with van der Waals surface area (Å²) in [5.74, 6) is 12.5. The minimum atomic E-state index is 0.480. The van der Waals surface area contributed by atoms with Gasteiger partial charge in [-0.15, -0.1) is 0 Å². The number of fused-ring (bicyclic) bond motifs is 12. The quantitative estimate of drug-likeness (QED) is 0.159. The van der Waals surface area contributed by atoms with Gasteiger partial charge in [-0.3, -0.25) is 0 Å². The number of nitriles is 1. The normalized spacial score (nSPS) is 36.9. The van der Waals surface area contributed by atoms with Crippen LogP contribution in [0.3, 0.4) is 0 Å². The number of rotatable bonds is 2. The standard InChI is InChI=1S/C80H82N4/c1-82-60-35-62-74(68-54-30-43-15-44(31-54)27-52(26-43)66(60)68)76-65-51-24-39-13-40(25-51)19-48(18-39)57(65)34-59-72-69(45-8-4-2-5-9-45)79-71(70(46-10-6-3-7-11-46)80(72)84(62)78(59)76)58-33-56-47-16-37-12-38(17-47)23-50(22-37)64(56)75-73-61(83(79)77(58)75)32-55(36-81)63-49-20-41-14-42(21-49)29-53(28-41)67(63)73/h32-35,37-54H,2-31H2. The average molecular weight is 1100 g/mol. The van der Waals surface area contributed by atoms with Crippen molar-refractivity contribution in [2.24, 2.45) is 47.3 Å². The van der Waals surface area contributed by atoms with Crippen LogP contribution in [0.1, 0.15) is 313 Å². The Kier molecular flexibility index (Phi) is 8.95. The van der Waals surface area contributed by atoms with Crippen LogP contribution < -0.4 is 0 Å². The molecule has 0 N–H and O–H groups in total. The predicted molar refractivity (Wildman–Crippen MR) is 341 cm³/mol. The van der Waals surface area contributed by atoms with Gasteiger partial charge >= 0.3 is 0 Å². The zero-order chi connectivity index (χ0) is 54.0. The molecule has 422 valence electrons. The predicted octanol–water partition coefficient (Wildman–Crippen LogP) is 22.1. The second-order valence-corrected chi connectivity index (χ2v) is 33.6. The Morgan fingerprint density at radius 2 is 0.690 bits per heavy atom. The third kappa shape index (κ3) is 5.66. The number of nitrogens with zero attached hydrogens (tertiary/aromatic N) is 4. The van der Waals surface area contributed by atoms with E-state index in [-0.39, 0.29) is 0 Å². The molecule has 0 amide bonds. The molecule has 0 aliphatic heterocycles. The van der Waals surface area contributed by atoms with E-state index in [4.69, 9.17) is 4.85 Å². The monoisotopic (exact) mass is 1100 g/mol. The summed E-state index contributed by atoms with van der Waals surface area (Å²) in [6.07, 6.45) is 40.5. The summed E-state index contributed by atoms with van der Waals surface area (Å²) in [5, 5.41) is 25.1. The highest BCUT2D eigenvalue weighted by Gasteiger charge is 2.51. The SMILES string of the molecule is [C-]#[N+]c1cc2c(c3c1C1CC4CC(C1)CC3C4)c1c3c(cc4c5c(C6CCCCC6)c6c(c(C7CCCCC7)c5n2c41)c1cc2c(c4c5c7c(c(C#N)cc5n6c14)C1CC4CC(C1)CC7C4)C1CC4CC(CC2C4)C1)C1CC2CC(C1)CC3C2. The molecule has 10 fully saturated rings. The molecule has 4 aromatic heterocycles. The Labute approximate surface area is 495 Å². The first-order valence-corrected chi connectivity index (χ1v) is 35.9. The lowest BCUT2D eigenvalue weighted by Crippen LogP contribution is -2.25. The maximum absolute atomic E-state index is 11.8. The Morgan fingerprint density at radius 3 is 1.10 bits per heavy atom. The summed E-state index contributed by atoms with van der Waals surface area (Å²) in [6.45, 7) is 9.33. The molecule has 18 aliphatic carbocycles. The zero-order valence-electron chi connectivity index (χ0n) is 49.7. The molecule has 18 aliphatic rings. The first-order chi connectivity index (χ1) is 41.5. The maximum atomic E-state index is 11.8. The van der Waals surface area contributed by atoms with Crippen LogP contribution in [0.2, 0.25) is 0 Å². The zero-order valence-corrected chi connectivity index (χ0v) is 49.7. The lowest BCUT2D eigenvalue weighted by Gasteiger charge is -2.38. The largest absolute Gasteiger partial charge is 0.309 e. The Hall–Kier alpha value is -5.32. The van der Waals surface area contributed by atoms with Gasteiger partial charge in [0.2, 0.25) is 0 Å². The van der Waals surface area contributed by atoms with Crippen LogP contribution in [0.4, 0.5) is 5.69 Å². The molecule has 0 spiro atoms. The highest BCUT2D eigenvalue weighted by molar-refractivity contribution is 6.33. The van der Waals surface area contributed by atoms with Gasteiger partial charge in [-0.05, 0) is 341 Å². The van der Waals surface area contributed by atoms with Gasteiger partial charge in [0.15, 0.2) is 5.69 Å². The van der Waals surface area contributed by atoms with Crippen LogP contribution in [0.25, 0.3) is 81.0 Å². The summed E-state index contributed by atoms with van der Waals surface area (Å²) in [5.41, 5.74) is 28.4. The number of hydrogen-bond acceptors (Lipinski definition) is 1. The van der Waals surface area contributed by atoms with Crippen molar-refractivity contribution in [3.8, 4) is 6.07 Å². The molecular weight excluding hydrogens is 1020 g/mol. The summed E-state index contributed by atoms with van der Waals surface area (Å²) < 4.78 is 6.08. The number of hydrogen-bond donors (Lipinski definition) is 0. The molecule has 4 heterocycles. The Balaban J connectivity index is 0.975. The fourth-order valence-electron chi connectivity index (χ4n) is 27.9. The number of benzene rings is 5. The first-order valence-electron chi connectivity index (χ1n) is 35.9. The fourth-order valence-corrected chi connectivity index (χ4v) is 27.9. The molecule has 8 unspecified atom stereocenters. The molecule has 0 radical (unpaired) electrons. The van der Waals surface area contributed by atoms with Gasteiger partial charge in [0.05, 0.1) is 45.8 Å². The van der Waals surface area contributed by atoms with E-state index in [0.29, 0.717) is 59.2 Å². The molecular formula is C80H82N4. The molecule has 4 nitrogen and oxygen atoms in total. The van der Waals surface area contributed by atoms with Gasteiger partial charge in [0, 0.05) is 48.6 Å². The third-order valence-electron chi connectivity index (χ3n) is 29.6. The minimum Gasteiger partial charge on any atom is -0.309 e. The summed E-state index contributed by atoms with van der Waals surface area (Å²) in [7, 11) is 0. The van der Waals surface area contributed by atoms with Crippen molar-refractivity contribution < 1.29 is 0 Å². The smallest absolute Gasteiger partial charge is 0.193 e. The highest BCUT2D eigenvalue weighted by atomic mass is 15.0. The topological polar surface area (TPSA) is 37.0 Å². The van der Waals surface area contributed by atoms with E-state index in [2.05, 4.69) is 39.1 Å². The molecule has 8 atom stereocenters. The summed E-state index contributed by atoms with van der Waals surface area (Å²) in [6, 6.07) is 14.2. The van der Waals surface area contributed by atoms with Gasteiger partial charge < -0.3 is 8.80 Å². The van der Waals surface area contributed by atoms with Gasteiger partial charge in [-0.25, -0.2) is 4.85 Å². The van der Waals surface area contributed by atoms with Crippen molar-refractivity contribution in [2.45, 2.75) is 252 Å². The molecule has 84 heavy (non-hydrogen) atoms. The molecule has 5 aromatic carbocycles. The minimum absolute atomic E-state index is 0.480. The van der Waals surface area contributed by atoms with Crippen LogP contribution in [-0.4, -0.2) is 8.80 Å². The van der Waals surface area contributed by atoms with E-state index >= 15 is 0 Å². The van der Waals surface area contributed by atoms with E-state index < -0.39 is 0 Å². The van der Waals surface area contributed by atoms with Crippen molar-refractivity contribution in [1.82, 2.24) is 8.80 Å². The van der Waals surface area contributed by atoms with Gasteiger partial charge in [0.1, 0.15) is 0 Å². The van der Waals surface area contributed by atoms with Crippen LogP contribution in [0.5, 0.6) is 0 Å². The number of aromatic nitrogens is 2. The van der Waals surface area contributed by atoms with E-state index in [1.807, 2.05) is 11.1 Å².